The van der Waals surface area contributed by atoms with E-state index in [0.717, 1.165) is 37.4 Å². The number of nitrogens with zero attached hydrogens (tertiary/aromatic N) is 3. The van der Waals surface area contributed by atoms with Crippen LogP contribution in [0, 0.1) is 19.8 Å². The number of benzene rings is 1. The summed E-state index contributed by atoms with van der Waals surface area (Å²) in [7, 11) is -2.00. The molecule has 2 saturated heterocycles. The molecule has 3 heterocycles. The highest BCUT2D eigenvalue weighted by Crippen LogP contribution is 2.28. The number of carbonyl (C=O) groups excluding carboxylic acids is 1. The monoisotopic (exact) mass is 476 g/mol. The number of anilines is 1. The maximum absolute atomic E-state index is 13.0. The predicted octanol–water partition coefficient (Wildman–Crippen LogP) is 2.49. The fraction of sp³-hybridized carbons (Fsp3) is 0.565. The lowest BCUT2D eigenvalue weighted by atomic mass is 9.95. The van der Waals surface area contributed by atoms with Crippen molar-refractivity contribution in [1.29, 1.82) is 0 Å². The zero-order chi connectivity index (χ0) is 23.6. The van der Waals surface area contributed by atoms with Gasteiger partial charge in [0.25, 0.3) is 0 Å². The summed E-state index contributed by atoms with van der Waals surface area (Å²) in [5.74, 6) is 1.01. The van der Waals surface area contributed by atoms with E-state index < -0.39 is 10.0 Å². The largest absolute Gasteiger partial charge is 0.497 e. The number of rotatable bonds is 6. The van der Waals surface area contributed by atoms with E-state index in [1.165, 1.54) is 4.31 Å². The fourth-order valence-electron chi connectivity index (χ4n) is 4.72. The summed E-state index contributed by atoms with van der Waals surface area (Å²) < 4.78 is 37.7. The molecule has 0 radical (unpaired) electrons. The molecule has 0 bridgehead atoms. The van der Waals surface area contributed by atoms with Crippen molar-refractivity contribution in [1.82, 2.24) is 14.8 Å². The highest BCUT2D eigenvalue weighted by Gasteiger charge is 2.36. The van der Waals surface area contributed by atoms with Crippen molar-refractivity contribution in [2.45, 2.75) is 50.5 Å². The average molecular weight is 477 g/mol. The van der Waals surface area contributed by atoms with E-state index in [1.54, 1.807) is 21.0 Å². The summed E-state index contributed by atoms with van der Waals surface area (Å²) in [6.07, 6.45) is 2.80. The Bertz CT molecular complexity index is 1050. The molecule has 0 spiro atoms. The maximum Gasteiger partial charge on any atom is 0.248 e. The van der Waals surface area contributed by atoms with Gasteiger partial charge in [0.1, 0.15) is 16.3 Å². The Kier molecular flexibility index (Phi) is 6.94. The molecule has 0 atom stereocenters. The minimum absolute atomic E-state index is 0.0345. The molecule has 2 aromatic rings. The third-order valence-corrected chi connectivity index (χ3v) is 8.81. The first-order chi connectivity index (χ1) is 15.8. The van der Waals surface area contributed by atoms with Gasteiger partial charge in [-0.25, -0.2) is 8.42 Å². The first kappa shape index (κ1) is 23.6. The van der Waals surface area contributed by atoms with Gasteiger partial charge in [0, 0.05) is 43.8 Å². The summed E-state index contributed by atoms with van der Waals surface area (Å²) >= 11 is 0. The van der Waals surface area contributed by atoms with Crippen LogP contribution in [-0.4, -0.2) is 63.1 Å². The summed E-state index contributed by atoms with van der Waals surface area (Å²) in [6.45, 7) is 5.63. The summed E-state index contributed by atoms with van der Waals surface area (Å²) in [5.41, 5.74) is 1.53. The van der Waals surface area contributed by atoms with Gasteiger partial charge in [-0.2, -0.15) is 4.31 Å². The molecule has 33 heavy (non-hydrogen) atoms. The van der Waals surface area contributed by atoms with Crippen LogP contribution in [0.5, 0.6) is 5.75 Å². The van der Waals surface area contributed by atoms with E-state index in [1.807, 2.05) is 12.1 Å². The Labute approximate surface area is 195 Å². The molecule has 1 aromatic heterocycles. The van der Waals surface area contributed by atoms with Gasteiger partial charge in [-0.1, -0.05) is 5.16 Å². The lowest BCUT2D eigenvalue weighted by Gasteiger charge is -2.35. The van der Waals surface area contributed by atoms with Crippen molar-refractivity contribution in [3.05, 3.63) is 35.7 Å². The molecule has 2 fully saturated rings. The highest BCUT2D eigenvalue weighted by molar-refractivity contribution is 7.89. The zero-order valence-electron chi connectivity index (χ0n) is 19.4. The lowest BCUT2D eigenvalue weighted by Crippen LogP contribution is -2.48. The number of aromatic nitrogens is 1. The van der Waals surface area contributed by atoms with Crippen LogP contribution in [0.3, 0.4) is 0 Å². The van der Waals surface area contributed by atoms with Crippen LogP contribution in [0.25, 0.3) is 0 Å². The van der Waals surface area contributed by atoms with Crippen molar-refractivity contribution in [2.75, 3.05) is 38.2 Å². The van der Waals surface area contributed by atoms with Gasteiger partial charge in [0.05, 0.1) is 7.11 Å². The highest BCUT2D eigenvalue weighted by atomic mass is 32.2. The van der Waals surface area contributed by atoms with E-state index in [2.05, 4.69) is 27.5 Å². The van der Waals surface area contributed by atoms with Crippen LogP contribution in [0.15, 0.2) is 33.7 Å². The van der Waals surface area contributed by atoms with E-state index in [-0.39, 0.29) is 22.8 Å². The molecule has 180 valence electrons. The van der Waals surface area contributed by atoms with Crippen LogP contribution in [-0.2, 0) is 14.8 Å². The van der Waals surface area contributed by atoms with Gasteiger partial charge in [-0.15, -0.1) is 0 Å². The first-order valence-electron chi connectivity index (χ1n) is 11.4. The molecule has 2 aliphatic heterocycles. The van der Waals surface area contributed by atoms with E-state index in [0.29, 0.717) is 37.4 Å². The number of carbonyl (C=O) groups is 1. The molecule has 9 nitrogen and oxygen atoms in total. The standard InChI is InChI=1S/C23H32N4O5S/c1-16-22(17(2)32-25-16)33(29,30)27-14-8-18(9-15-27)23(28)24-19-10-12-26(13-11-19)20-4-6-21(31-3)7-5-20/h4-7,18-19H,8-15H2,1-3H3,(H,24,28). The molecule has 4 rings (SSSR count). The molecule has 0 saturated carbocycles. The van der Waals surface area contributed by atoms with Gasteiger partial charge < -0.3 is 19.5 Å². The Morgan fingerprint density at radius 3 is 2.24 bits per heavy atom. The fourth-order valence-corrected chi connectivity index (χ4v) is 6.49. The minimum Gasteiger partial charge on any atom is -0.497 e. The van der Waals surface area contributed by atoms with Crippen molar-refractivity contribution in [3.8, 4) is 5.75 Å². The summed E-state index contributed by atoms with van der Waals surface area (Å²) in [4.78, 5) is 15.3. The number of methoxy groups -OCH3 is 1. The number of ether oxygens (including phenoxy) is 1. The SMILES string of the molecule is COc1ccc(N2CCC(NC(=O)C3CCN(S(=O)(=O)c4c(C)noc4C)CC3)CC2)cc1. The Morgan fingerprint density at radius 2 is 1.70 bits per heavy atom. The van der Waals surface area contributed by atoms with E-state index >= 15 is 0 Å². The number of aryl methyl sites for hydroxylation is 2. The molecule has 0 aliphatic carbocycles. The summed E-state index contributed by atoms with van der Waals surface area (Å²) in [5, 5.41) is 6.96. The van der Waals surface area contributed by atoms with Crippen LogP contribution in [0.4, 0.5) is 5.69 Å². The van der Waals surface area contributed by atoms with Gasteiger partial charge in [0.2, 0.25) is 15.9 Å². The van der Waals surface area contributed by atoms with Crippen molar-refractivity contribution in [2.24, 2.45) is 5.92 Å². The lowest BCUT2D eigenvalue weighted by molar-refractivity contribution is -0.127. The van der Waals surface area contributed by atoms with E-state index in [9.17, 15) is 13.2 Å². The first-order valence-corrected chi connectivity index (χ1v) is 12.9. The predicted molar refractivity (Wildman–Crippen MR) is 124 cm³/mol. The molecule has 1 aromatic carbocycles. The Morgan fingerprint density at radius 1 is 1.06 bits per heavy atom. The van der Waals surface area contributed by atoms with E-state index in [4.69, 9.17) is 9.26 Å². The van der Waals surface area contributed by atoms with Crippen LogP contribution < -0.4 is 15.0 Å². The minimum atomic E-state index is -3.66. The van der Waals surface area contributed by atoms with Crippen LogP contribution >= 0.6 is 0 Å². The number of piperidine rings is 2. The van der Waals surface area contributed by atoms with Gasteiger partial charge in [-0.05, 0) is 63.8 Å². The normalized spacial score (nSPS) is 18.9. The van der Waals surface area contributed by atoms with Gasteiger partial charge in [-0.3, -0.25) is 4.79 Å². The third kappa shape index (κ3) is 5.01. The van der Waals surface area contributed by atoms with Crippen LogP contribution in [0.2, 0.25) is 0 Å². The number of hydrogen-bond donors (Lipinski definition) is 1. The van der Waals surface area contributed by atoms with Gasteiger partial charge in [0.15, 0.2) is 5.76 Å². The average Bonchev–Trinajstić information content (AvgIpc) is 3.18. The third-order valence-electron chi connectivity index (χ3n) is 6.67. The van der Waals surface area contributed by atoms with Crippen molar-refractivity contribution in [3.63, 3.8) is 0 Å². The van der Waals surface area contributed by atoms with Crippen molar-refractivity contribution >= 4 is 21.6 Å². The molecule has 10 heteroatoms. The quantitative estimate of drug-likeness (QED) is 0.683. The molecule has 1 N–H and O–H groups in total. The molecule has 0 unspecified atom stereocenters. The Hall–Kier alpha value is -2.59. The molecular formula is C23H32N4O5S. The van der Waals surface area contributed by atoms with Crippen LogP contribution in [0.1, 0.15) is 37.1 Å². The van der Waals surface area contributed by atoms with Gasteiger partial charge >= 0.3 is 0 Å². The zero-order valence-corrected chi connectivity index (χ0v) is 20.2. The molecular weight excluding hydrogens is 444 g/mol. The molecule has 1 amide bonds. The Balaban J connectivity index is 1.26. The number of amides is 1. The maximum atomic E-state index is 13.0. The summed E-state index contributed by atoms with van der Waals surface area (Å²) in [6, 6.07) is 8.18. The number of nitrogens with one attached hydrogen (secondary N) is 1. The molecule has 2 aliphatic rings. The smallest absolute Gasteiger partial charge is 0.248 e. The second-order valence-corrected chi connectivity index (χ2v) is 10.7. The topological polar surface area (TPSA) is 105 Å². The second-order valence-electron chi connectivity index (χ2n) is 8.80. The van der Waals surface area contributed by atoms with Crippen molar-refractivity contribution < 1.29 is 22.5 Å². The second kappa shape index (κ2) is 9.72. The number of sulfonamides is 1. The number of hydrogen-bond acceptors (Lipinski definition) is 7.